The summed E-state index contributed by atoms with van der Waals surface area (Å²) in [6, 6.07) is 9.58. The third-order valence-electron chi connectivity index (χ3n) is 3.59. The Hall–Kier alpha value is -2.21. The highest BCUT2D eigenvalue weighted by Gasteiger charge is 2.19. The first-order valence-corrected chi connectivity index (χ1v) is 8.30. The van der Waals surface area contributed by atoms with Crippen molar-refractivity contribution in [3.63, 3.8) is 0 Å². The Morgan fingerprint density at radius 3 is 2.52 bits per heavy atom. The van der Waals surface area contributed by atoms with Gasteiger partial charge in [0, 0.05) is 17.0 Å². The zero-order chi connectivity index (χ0) is 16.6. The molecule has 0 amide bonds. The topological polar surface area (TPSA) is 60.2 Å². The Bertz CT molecular complexity index is 870. The van der Waals surface area contributed by atoms with E-state index in [-0.39, 0.29) is 11.0 Å². The normalized spacial score (nSPS) is 12.5. The molecule has 3 aromatic rings. The Morgan fingerprint density at radius 1 is 1.13 bits per heavy atom. The van der Waals surface area contributed by atoms with Gasteiger partial charge in [-0.2, -0.15) is 4.98 Å². The zero-order valence-corrected chi connectivity index (χ0v) is 14.4. The first-order valence-electron chi connectivity index (χ1n) is 7.42. The molecule has 118 valence electrons. The lowest BCUT2D eigenvalue weighted by molar-refractivity contribution is 0.0994. The van der Waals surface area contributed by atoms with Crippen molar-refractivity contribution in [2.75, 3.05) is 0 Å². The molecular formula is C17H18N4OS. The summed E-state index contributed by atoms with van der Waals surface area (Å²) in [5.74, 6) is 0.648. The minimum Gasteiger partial charge on any atom is -0.293 e. The first-order chi connectivity index (χ1) is 10.9. The maximum Gasteiger partial charge on any atom is 0.253 e. The van der Waals surface area contributed by atoms with Crippen molar-refractivity contribution in [2.45, 2.75) is 38.1 Å². The van der Waals surface area contributed by atoms with Crippen LogP contribution in [0.2, 0.25) is 0 Å². The fourth-order valence-corrected chi connectivity index (χ4v) is 3.18. The molecule has 0 spiro atoms. The number of rotatable bonds is 4. The second kappa shape index (κ2) is 6.12. The molecule has 3 rings (SSSR count). The van der Waals surface area contributed by atoms with Crippen molar-refractivity contribution in [2.24, 2.45) is 0 Å². The maximum atomic E-state index is 12.5. The fraction of sp³-hybridized carbons (Fsp3) is 0.294. The Balaban J connectivity index is 1.82. The number of hydrogen-bond donors (Lipinski definition) is 0. The maximum absolute atomic E-state index is 12.5. The molecule has 0 saturated carbocycles. The molecule has 1 atom stereocenters. The average molecular weight is 326 g/mol. The SMILES string of the molecule is Cc1ccc(C(=O)C(C)Sc2nc3nc(C)cc(C)n3n2)cc1. The Labute approximate surface area is 139 Å². The van der Waals surface area contributed by atoms with Gasteiger partial charge in [-0.25, -0.2) is 9.50 Å². The van der Waals surface area contributed by atoms with Crippen LogP contribution in [0.5, 0.6) is 0 Å². The third kappa shape index (κ3) is 3.27. The van der Waals surface area contributed by atoms with Crippen LogP contribution < -0.4 is 0 Å². The van der Waals surface area contributed by atoms with Gasteiger partial charge in [-0.15, -0.1) is 5.10 Å². The van der Waals surface area contributed by atoms with Crippen LogP contribution in [0, 0.1) is 20.8 Å². The van der Waals surface area contributed by atoms with Crippen molar-refractivity contribution in [3.05, 3.63) is 52.8 Å². The first kappa shape index (κ1) is 15.7. The van der Waals surface area contributed by atoms with E-state index in [1.165, 1.54) is 11.8 Å². The lowest BCUT2D eigenvalue weighted by Gasteiger charge is -2.07. The molecule has 5 nitrogen and oxygen atoms in total. The van der Waals surface area contributed by atoms with Crippen LogP contribution in [0.3, 0.4) is 0 Å². The quantitative estimate of drug-likeness (QED) is 0.543. The standard InChI is InChI=1S/C17H18N4OS/c1-10-5-7-14(8-6-10)15(22)13(4)23-17-19-16-18-11(2)9-12(3)21(16)20-17/h5-9,13H,1-4H3. The van der Waals surface area contributed by atoms with Crippen LogP contribution in [0.1, 0.15) is 34.2 Å². The molecular weight excluding hydrogens is 308 g/mol. The van der Waals surface area contributed by atoms with E-state index in [0.717, 1.165) is 17.0 Å². The van der Waals surface area contributed by atoms with Gasteiger partial charge in [-0.1, -0.05) is 41.6 Å². The second-order valence-corrected chi connectivity index (χ2v) is 6.94. The Kier molecular flexibility index (Phi) is 4.17. The summed E-state index contributed by atoms with van der Waals surface area (Å²) in [5, 5.41) is 4.75. The Morgan fingerprint density at radius 2 is 1.83 bits per heavy atom. The highest BCUT2D eigenvalue weighted by atomic mass is 32.2. The highest BCUT2D eigenvalue weighted by Crippen LogP contribution is 2.23. The molecule has 0 aliphatic rings. The predicted octanol–water partition coefficient (Wildman–Crippen LogP) is 3.41. The average Bonchev–Trinajstić information content (AvgIpc) is 2.90. The molecule has 0 saturated heterocycles. The zero-order valence-electron chi connectivity index (χ0n) is 13.6. The molecule has 0 radical (unpaired) electrons. The predicted molar refractivity (Wildman–Crippen MR) is 91.1 cm³/mol. The molecule has 1 aromatic carbocycles. The summed E-state index contributed by atoms with van der Waals surface area (Å²) in [4.78, 5) is 21.3. The van der Waals surface area contributed by atoms with Gasteiger partial charge in [0.1, 0.15) is 0 Å². The van der Waals surface area contributed by atoms with Gasteiger partial charge in [0.05, 0.1) is 5.25 Å². The van der Waals surface area contributed by atoms with Gasteiger partial charge in [0.2, 0.25) is 5.16 Å². The smallest absolute Gasteiger partial charge is 0.253 e. The van der Waals surface area contributed by atoms with Gasteiger partial charge < -0.3 is 0 Å². The van der Waals surface area contributed by atoms with Gasteiger partial charge in [-0.05, 0) is 33.8 Å². The minimum atomic E-state index is -0.253. The molecule has 0 aliphatic heterocycles. The monoisotopic (exact) mass is 326 g/mol. The number of fused-ring (bicyclic) bond motifs is 1. The number of aromatic nitrogens is 4. The van der Waals surface area contributed by atoms with Crippen molar-refractivity contribution in [1.29, 1.82) is 0 Å². The van der Waals surface area contributed by atoms with E-state index < -0.39 is 0 Å². The number of carbonyl (C=O) groups excluding carboxylic acids is 1. The summed E-state index contributed by atoms with van der Waals surface area (Å²) in [6.45, 7) is 7.78. The molecule has 0 N–H and O–H groups in total. The molecule has 1 unspecified atom stereocenters. The van der Waals surface area contributed by atoms with E-state index in [2.05, 4.69) is 15.1 Å². The molecule has 6 heteroatoms. The van der Waals surface area contributed by atoms with E-state index in [1.807, 2.05) is 58.0 Å². The van der Waals surface area contributed by atoms with Gasteiger partial charge in [0.25, 0.3) is 5.78 Å². The summed E-state index contributed by atoms with van der Waals surface area (Å²) in [6.07, 6.45) is 0. The van der Waals surface area contributed by atoms with Crippen molar-refractivity contribution < 1.29 is 4.79 Å². The lowest BCUT2D eigenvalue weighted by atomic mass is 10.1. The van der Waals surface area contributed by atoms with E-state index in [1.54, 1.807) is 4.52 Å². The van der Waals surface area contributed by atoms with Crippen molar-refractivity contribution in [3.8, 4) is 0 Å². The molecule has 0 aliphatic carbocycles. The number of thioether (sulfide) groups is 1. The van der Waals surface area contributed by atoms with Crippen LogP contribution >= 0.6 is 11.8 Å². The summed E-state index contributed by atoms with van der Waals surface area (Å²) in [7, 11) is 0. The van der Waals surface area contributed by atoms with E-state index >= 15 is 0 Å². The molecule has 2 aromatic heterocycles. The van der Waals surface area contributed by atoms with Crippen molar-refractivity contribution >= 4 is 23.3 Å². The molecule has 23 heavy (non-hydrogen) atoms. The highest BCUT2D eigenvalue weighted by molar-refractivity contribution is 8.00. The van der Waals surface area contributed by atoms with Gasteiger partial charge >= 0.3 is 0 Å². The summed E-state index contributed by atoms with van der Waals surface area (Å²) < 4.78 is 1.71. The minimum absolute atomic E-state index is 0.0784. The largest absolute Gasteiger partial charge is 0.293 e. The third-order valence-corrected chi connectivity index (χ3v) is 4.54. The van der Waals surface area contributed by atoms with Crippen LogP contribution in [0.4, 0.5) is 0 Å². The van der Waals surface area contributed by atoms with Crippen LogP contribution in [0.15, 0.2) is 35.5 Å². The summed E-state index contributed by atoms with van der Waals surface area (Å²) in [5.41, 5.74) is 3.73. The van der Waals surface area contributed by atoms with E-state index in [4.69, 9.17) is 0 Å². The second-order valence-electron chi connectivity index (χ2n) is 5.64. The van der Waals surface area contributed by atoms with Crippen LogP contribution in [0.25, 0.3) is 5.78 Å². The van der Waals surface area contributed by atoms with Crippen LogP contribution in [-0.4, -0.2) is 30.6 Å². The fourth-order valence-electron chi connectivity index (χ4n) is 2.36. The van der Waals surface area contributed by atoms with Crippen molar-refractivity contribution in [1.82, 2.24) is 19.6 Å². The number of benzene rings is 1. The number of Topliss-reactive ketones (excluding diaryl/α,β-unsaturated/α-hetero) is 1. The number of carbonyl (C=O) groups is 1. The summed E-state index contributed by atoms with van der Waals surface area (Å²) >= 11 is 1.36. The number of aryl methyl sites for hydroxylation is 3. The lowest BCUT2D eigenvalue weighted by Crippen LogP contribution is -2.13. The molecule has 0 fully saturated rings. The van der Waals surface area contributed by atoms with Gasteiger partial charge in [-0.3, -0.25) is 4.79 Å². The van der Waals surface area contributed by atoms with Gasteiger partial charge in [0.15, 0.2) is 5.78 Å². The van der Waals surface area contributed by atoms with Crippen LogP contribution in [-0.2, 0) is 0 Å². The molecule has 2 heterocycles. The molecule has 0 bridgehead atoms. The van der Waals surface area contributed by atoms with E-state index in [9.17, 15) is 4.79 Å². The van der Waals surface area contributed by atoms with E-state index in [0.29, 0.717) is 16.5 Å². The number of ketones is 1. The number of nitrogens with zero attached hydrogens (tertiary/aromatic N) is 4. The number of hydrogen-bond acceptors (Lipinski definition) is 5.